The van der Waals surface area contributed by atoms with E-state index in [9.17, 15) is 9.50 Å². The molecule has 0 atom stereocenters. The normalized spacial score (nSPS) is 13.1. The summed E-state index contributed by atoms with van der Waals surface area (Å²) in [5.41, 5.74) is 1.44. The van der Waals surface area contributed by atoms with Gasteiger partial charge in [-0.2, -0.15) is 4.57 Å². The van der Waals surface area contributed by atoms with Crippen LogP contribution in [-0.2, 0) is 17.9 Å². The minimum atomic E-state index is -0.316. The fourth-order valence-electron chi connectivity index (χ4n) is 2.18. The number of fused-ring (bicyclic) bond motifs is 1. The highest BCUT2D eigenvalue weighted by Gasteiger charge is 2.19. The van der Waals surface area contributed by atoms with Gasteiger partial charge in [-0.05, 0) is 18.2 Å². The van der Waals surface area contributed by atoms with Crippen LogP contribution in [0.3, 0.4) is 0 Å². The SMILES string of the molecule is Oc1ccc[n+](Cc2cc(F)cc3c2OCOC3)c1.[Cl-]. The number of nitrogens with zero attached hydrogens (tertiary/aromatic N) is 1. The van der Waals surface area contributed by atoms with Crippen LogP contribution in [-0.4, -0.2) is 11.9 Å². The summed E-state index contributed by atoms with van der Waals surface area (Å²) in [5.74, 6) is 0.518. The van der Waals surface area contributed by atoms with Gasteiger partial charge in [-0.25, -0.2) is 4.39 Å². The van der Waals surface area contributed by atoms with E-state index in [2.05, 4.69) is 0 Å². The van der Waals surface area contributed by atoms with Crippen molar-refractivity contribution in [1.29, 1.82) is 0 Å². The molecule has 0 fully saturated rings. The Balaban J connectivity index is 0.00000147. The Morgan fingerprint density at radius 2 is 2.20 bits per heavy atom. The summed E-state index contributed by atoms with van der Waals surface area (Å²) >= 11 is 0. The number of aromatic hydroxyl groups is 1. The number of hydrogen-bond donors (Lipinski definition) is 1. The molecule has 2 heterocycles. The highest BCUT2D eigenvalue weighted by Crippen LogP contribution is 2.29. The number of hydrogen-bond acceptors (Lipinski definition) is 3. The van der Waals surface area contributed by atoms with Gasteiger partial charge in [0.05, 0.1) is 12.2 Å². The predicted octanol–water partition coefficient (Wildman–Crippen LogP) is -1.26. The molecular formula is C14H13ClFNO3. The second-order valence-corrected chi connectivity index (χ2v) is 4.40. The first-order chi connectivity index (χ1) is 9.22. The summed E-state index contributed by atoms with van der Waals surface area (Å²) in [4.78, 5) is 0. The lowest BCUT2D eigenvalue weighted by Crippen LogP contribution is -3.00. The topological polar surface area (TPSA) is 42.6 Å². The predicted molar refractivity (Wildman–Crippen MR) is 64.1 cm³/mol. The number of benzene rings is 1. The minimum absolute atomic E-state index is 0. The van der Waals surface area contributed by atoms with E-state index < -0.39 is 0 Å². The Bertz CT molecular complexity index is 621. The second-order valence-electron chi connectivity index (χ2n) is 4.40. The van der Waals surface area contributed by atoms with Crippen molar-refractivity contribution in [3.63, 3.8) is 0 Å². The van der Waals surface area contributed by atoms with Crippen LogP contribution in [0, 0.1) is 5.82 Å². The zero-order valence-corrected chi connectivity index (χ0v) is 11.3. The van der Waals surface area contributed by atoms with Gasteiger partial charge in [0.2, 0.25) is 6.20 Å². The van der Waals surface area contributed by atoms with Crippen molar-refractivity contribution < 1.29 is 35.9 Å². The van der Waals surface area contributed by atoms with Crippen LogP contribution in [0.4, 0.5) is 4.39 Å². The van der Waals surface area contributed by atoms with Gasteiger partial charge >= 0.3 is 0 Å². The van der Waals surface area contributed by atoms with E-state index in [1.54, 1.807) is 29.1 Å². The van der Waals surface area contributed by atoms with Crippen molar-refractivity contribution in [2.24, 2.45) is 0 Å². The van der Waals surface area contributed by atoms with Crippen LogP contribution in [0.5, 0.6) is 11.5 Å². The average molecular weight is 298 g/mol. The van der Waals surface area contributed by atoms with Crippen molar-refractivity contribution in [3.8, 4) is 11.5 Å². The third-order valence-electron chi connectivity index (χ3n) is 2.95. The first kappa shape index (κ1) is 14.6. The minimum Gasteiger partial charge on any atom is -1.00 e. The summed E-state index contributed by atoms with van der Waals surface area (Å²) in [6.07, 6.45) is 3.38. The molecule has 0 unspecified atom stereocenters. The Hall–Kier alpha value is -1.85. The molecule has 3 rings (SSSR count). The number of halogens is 2. The van der Waals surface area contributed by atoms with Gasteiger partial charge in [0.15, 0.2) is 25.3 Å². The monoisotopic (exact) mass is 297 g/mol. The zero-order valence-electron chi connectivity index (χ0n) is 10.6. The Morgan fingerprint density at radius 1 is 1.35 bits per heavy atom. The molecule has 1 aromatic heterocycles. The number of pyridine rings is 1. The van der Waals surface area contributed by atoms with E-state index in [0.717, 1.165) is 5.56 Å². The summed E-state index contributed by atoms with van der Waals surface area (Å²) in [7, 11) is 0. The molecule has 0 radical (unpaired) electrons. The van der Waals surface area contributed by atoms with Crippen LogP contribution >= 0.6 is 0 Å². The summed E-state index contributed by atoms with van der Waals surface area (Å²) in [6, 6.07) is 6.18. The van der Waals surface area contributed by atoms with E-state index in [-0.39, 0.29) is 30.8 Å². The molecule has 6 heteroatoms. The van der Waals surface area contributed by atoms with Crippen molar-refractivity contribution in [1.82, 2.24) is 0 Å². The van der Waals surface area contributed by atoms with Gasteiger partial charge < -0.3 is 27.0 Å². The van der Waals surface area contributed by atoms with Gasteiger partial charge in [-0.15, -0.1) is 0 Å². The second kappa shape index (κ2) is 6.07. The van der Waals surface area contributed by atoms with Crippen LogP contribution in [0.1, 0.15) is 11.1 Å². The summed E-state index contributed by atoms with van der Waals surface area (Å²) in [6.45, 7) is 0.954. The van der Waals surface area contributed by atoms with Crippen molar-refractivity contribution in [2.45, 2.75) is 13.2 Å². The first-order valence-electron chi connectivity index (χ1n) is 5.92. The van der Waals surface area contributed by atoms with Gasteiger partial charge in [0.1, 0.15) is 11.6 Å². The van der Waals surface area contributed by atoms with E-state index in [1.165, 1.54) is 12.1 Å². The molecular weight excluding hydrogens is 285 g/mol. The molecule has 0 amide bonds. The quantitative estimate of drug-likeness (QED) is 0.704. The van der Waals surface area contributed by atoms with Crippen molar-refractivity contribution in [2.75, 3.05) is 6.79 Å². The zero-order chi connectivity index (χ0) is 13.2. The third kappa shape index (κ3) is 3.00. The Morgan fingerprint density at radius 3 is 3.00 bits per heavy atom. The van der Waals surface area contributed by atoms with Gasteiger partial charge in [0.25, 0.3) is 0 Å². The van der Waals surface area contributed by atoms with E-state index in [1.807, 2.05) is 0 Å². The molecule has 106 valence electrons. The molecule has 0 saturated carbocycles. The maximum Gasteiger partial charge on any atom is 0.211 e. The maximum absolute atomic E-state index is 13.6. The summed E-state index contributed by atoms with van der Waals surface area (Å²) < 4.78 is 25.9. The molecule has 0 aliphatic carbocycles. The van der Waals surface area contributed by atoms with E-state index in [4.69, 9.17) is 9.47 Å². The number of rotatable bonds is 2. The number of aromatic nitrogens is 1. The summed E-state index contributed by atoms with van der Waals surface area (Å²) in [5, 5.41) is 9.44. The van der Waals surface area contributed by atoms with Crippen molar-refractivity contribution >= 4 is 0 Å². The van der Waals surface area contributed by atoms with Crippen LogP contribution in [0.15, 0.2) is 36.7 Å². The van der Waals surface area contributed by atoms with Gasteiger partial charge in [-0.1, -0.05) is 0 Å². The molecule has 1 N–H and O–H groups in total. The molecule has 4 nitrogen and oxygen atoms in total. The van der Waals surface area contributed by atoms with E-state index in [0.29, 0.717) is 24.5 Å². The molecule has 0 saturated heterocycles. The Labute approximate surface area is 121 Å². The lowest BCUT2D eigenvalue weighted by molar-refractivity contribution is -0.688. The Kier molecular flexibility index (Phi) is 4.42. The molecule has 2 aromatic rings. The largest absolute Gasteiger partial charge is 1.00 e. The third-order valence-corrected chi connectivity index (χ3v) is 2.95. The lowest BCUT2D eigenvalue weighted by Gasteiger charge is -2.19. The first-order valence-corrected chi connectivity index (χ1v) is 5.92. The molecule has 0 spiro atoms. The highest BCUT2D eigenvalue weighted by atomic mass is 35.5. The fraction of sp³-hybridized carbons (Fsp3) is 0.214. The van der Waals surface area contributed by atoms with Crippen LogP contribution in [0.25, 0.3) is 0 Å². The molecule has 1 aliphatic heterocycles. The fourth-order valence-corrected chi connectivity index (χ4v) is 2.18. The molecule has 1 aliphatic rings. The van der Waals surface area contributed by atoms with E-state index >= 15 is 0 Å². The lowest BCUT2D eigenvalue weighted by atomic mass is 10.1. The standard InChI is InChI=1S/C14H12FNO3.ClH/c15-12-4-10(6-16-3-1-2-13(17)7-16)14-11(5-12)8-18-9-19-14;/h1-5,7H,6,8-9H2;1H. The maximum atomic E-state index is 13.6. The van der Waals surface area contributed by atoms with Gasteiger partial charge in [0, 0.05) is 11.6 Å². The van der Waals surface area contributed by atoms with Gasteiger partial charge in [-0.3, -0.25) is 0 Å². The van der Waals surface area contributed by atoms with Crippen molar-refractivity contribution in [3.05, 3.63) is 53.6 Å². The average Bonchev–Trinajstić information content (AvgIpc) is 2.38. The highest BCUT2D eigenvalue weighted by molar-refractivity contribution is 5.42. The van der Waals surface area contributed by atoms with Crippen LogP contribution in [0.2, 0.25) is 0 Å². The van der Waals surface area contributed by atoms with Crippen LogP contribution < -0.4 is 21.7 Å². The molecule has 0 bridgehead atoms. The number of ether oxygens (including phenoxy) is 2. The molecule has 20 heavy (non-hydrogen) atoms. The smallest absolute Gasteiger partial charge is 0.211 e. The molecule has 1 aromatic carbocycles.